The fraction of sp³-hybridized carbons (Fsp3) is 0.200. The van der Waals surface area contributed by atoms with E-state index in [9.17, 15) is 4.79 Å². The van der Waals surface area contributed by atoms with E-state index in [2.05, 4.69) is 11.4 Å². The van der Waals surface area contributed by atoms with Gasteiger partial charge in [0.2, 0.25) is 5.91 Å². The third kappa shape index (κ3) is 3.39. The summed E-state index contributed by atoms with van der Waals surface area (Å²) in [6.07, 6.45) is 2.89. The lowest BCUT2D eigenvalue weighted by Gasteiger charge is -2.08. The molecule has 5 heteroatoms. The van der Waals surface area contributed by atoms with Crippen LogP contribution in [0.5, 0.6) is 0 Å². The van der Waals surface area contributed by atoms with Gasteiger partial charge in [-0.2, -0.15) is 5.26 Å². The molecule has 0 aliphatic rings. The van der Waals surface area contributed by atoms with E-state index in [1.54, 1.807) is 18.2 Å². The molecule has 2 rings (SSSR count). The molecule has 0 aliphatic carbocycles. The topological polar surface area (TPSA) is 83.8 Å². The number of rotatable bonds is 5. The number of carbonyl (C=O) groups excluding carboxylic acids is 1. The maximum absolute atomic E-state index is 11.8. The minimum atomic E-state index is -0.0754. The Kier molecular flexibility index (Phi) is 4.40. The van der Waals surface area contributed by atoms with E-state index >= 15 is 0 Å². The highest BCUT2D eigenvalue weighted by Crippen LogP contribution is 2.17. The van der Waals surface area contributed by atoms with Gasteiger partial charge >= 0.3 is 0 Å². The number of nitrogens with two attached hydrogens (primary N) is 1. The number of nitrogen functional groups attached to an aromatic ring is 1. The molecule has 20 heavy (non-hydrogen) atoms. The summed E-state index contributed by atoms with van der Waals surface area (Å²) in [5.74, 6) is -0.0754. The predicted molar refractivity (Wildman–Crippen MR) is 77.9 cm³/mol. The van der Waals surface area contributed by atoms with Gasteiger partial charge in [0.1, 0.15) is 11.8 Å². The number of nitrogens with one attached hydrogen (secondary N) is 1. The quantitative estimate of drug-likeness (QED) is 0.816. The van der Waals surface area contributed by atoms with Crippen molar-refractivity contribution in [2.24, 2.45) is 0 Å². The molecular weight excluding hydrogens is 252 g/mol. The van der Waals surface area contributed by atoms with Crippen LogP contribution in [0.2, 0.25) is 0 Å². The van der Waals surface area contributed by atoms with Gasteiger partial charge < -0.3 is 15.6 Å². The second-order valence-corrected chi connectivity index (χ2v) is 4.44. The van der Waals surface area contributed by atoms with E-state index < -0.39 is 0 Å². The van der Waals surface area contributed by atoms with Gasteiger partial charge in [-0.05, 0) is 30.7 Å². The van der Waals surface area contributed by atoms with Crippen molar-refractivity contribution in [3.8, 4) is 6.07 Å². The lowest BCUT2D eigenvalue weighted by atomic mass is 10.2. The SMILES string of the molecule is N#Cc1cccn1CCCC(=O)Nc1ccccc1N. The number of para-hydroxylation sites is 2. The maximum atomic E-state index is 11.8. The van der Waals surface area contributed by atoms with Crippen LogP contribution >= 0.6 is 0 Å². The van der Waals surface area contributed by atoms with E-state index in [-0.39, 0.29) is 5.91 Å². The molecule has 0 saturated heterocycles. The first-order valence-corrected chi connectivity index (χ1v) is 6.40. The largest absolute Gasteiger partial charge is 0.397 e. The minimum Gasteiger partial charge on any atom is -0.397 e. The molecule has 102 valence electrons. The summed E-state index contributed by atoms with van der Waals surface area (Å²) in [7, 11) is 0. The molecule has 3 N–H and O–H groups in total. The number of amides is 1. The second-order valence-electron chi connectivity index (χ2n) is 4.44. The Balaban J connectivity index is 1.82. The molecule has 0 atom stereocenters. The third-order valence-corrected chi connectivity index (χ3v) is 2.98. The standard InChI is InChI=1S/C15H16N4O/c16-11-12-5-3-9-19(12)10-4-8-15(20)18-14-7-2-1-6-13(14)17/h1-3,5-7,9H,4,8,10,17H2,(H,18,20). The Bertz CT molecular complexity index is 639. The molecule has 0 saturated carbocycles. The van der Waals surface area contributed by atoms with E-state index in [1.165, 1.54) is 0 Å². The monoisotopic (exact) mass is 268 g/mol. The number of anilines is 2. The van der Waals surface area contributed by atoms with Crippen LogP contribution < -0.4 is 11.1 Å². The number of aryl methyl sites for hydroxylation is 1. The number of benzene rings is 1. The molecule has 0 spiro atoms. The summed E-state index contributed by atoms with van der Waals surface area (Å²) >= 11 is 0. The van der Waals surface area contributed by atoms with E-state index in [4.69, 9.17) is 11.0 Å². The van der Waals surface area contributed by atoms with Crippen LogP contribution in [0.25, 0.3) is 0 Å². The molecule has 1 aromatic heterocycles. The molecule has 5 nitrogen and oxygen atoms in total. The zero-order valence-electron chi connectivity index (χ0n) is 11.0. The van der Waals surface area contributed by atoms with Crippen molar-refractivity contribution in [2.75, 3.05) is 11.1 Å². The number of nitrogens with zero attached hydrogens (tertiary/aromatic N) is 2. The molecule has 0 bridgehead atoms. The minimum absolute atomic E-state index is 0.0754. The number of hydrogen-bond donors (Lipinski definition) is 2. The number of hydrogen-bond acceptors (Lipinski definition) is 3. The summed E-state index contributed by atoms with van der Waals surface area (Å²) in [4.78, 5) is 11.8. The van der Waals surface area contributed by atoms with E-state index in [0.29, 0.717) is 36.5 Å². The van der Waals surface area contributed by atoms with Crippen molar-refractivity contribution in [3.63, 3.8) is 0 Å². The normalized spacial score (nSPS) is 9.95. The summed E-state index contributed by atoms with van der Waals surface area (Å²) in [5.41, 5.74) is 7.56. The molecule has 2 aromatic rings. The van der Waals surface area contributed by atoms with E-state index in [0.717, 1.165) is 0 Å². The Morgan fingerprint density at radius 1 is 1.30 bits per heavy atom. The van der Waals surface area contributed by atoms with Crippen LogP contribution in [-0.2, 0) is 11.3 Å². The average Bonchev–Trinajstić information content (AvgIpc) is 2.89. The Morgan fingerprint density at radius 2 is 2.10 bits per heavy atom. The molecular formula is C15H16N4O. The molecule has 0 aliphatic heterocycles. The second kappa shape index (κ2) is 6.43. The summed E-state index contributed by atoms with van der Waals surface area (Å²) < 4.78 is 1.84. The Labute approximate surface area is 117 Å². The molecule has 0 fully saturated rings. The fourth-order valence-corrected chi connectivity index (χ4v) is 1.94. The average molecular weight is 268 g/mol. The number of nitriles is 1. The number of carbonyl (C=O) groups is 1. The third-order valence-electron chi connectivity index (χ3n) is 2.98. The molecule has 1 heterocycles. The van der Waals surface area contributed by atoms with Crippen molar-refractivity contribution in [3.05, 3.63) is 48.3 Å². The van der Waals surface area contributed by atoms with Crippen molar-refractivity contribution < 1.29 is 4.79 Å². The van der Waals surface area contributed by atoms with Gasteiger partial charge in [-0.15, -0.1) is 0 Å². The van der Waals surface area contributed by atoms with Crippen LogP contribution in [-0.4, -0.2) is 10.5 Å². The van der Waals surface area contributed by atoms with E-state index in [1.807, 2.05) is 29.0 Å². The van der Waals surface area contributed by atoms with Crippen LogP contribution in [0.1, 0.15) is 18.5 Å². The van der Waals surface area contributed by atoms with Gasteiger partial charge in [-0.25, -0.2) is 0 Å². The van der Waals surface area contributed by atoms with Crippen molar-refractivity contribution >= 4 is 17.3 Å². The Morgan fingerprint density at radius 3 is 2.85 bits per heavy atom. The zero-order chi connectivity index (χ0) is 14.4. The van der Waals surface area contributed by atoms with Crippen LogP contribution in [0, 0.1) is 11.3 Å². The zero-order valence-corrected chi connectivity index (χ0v) is 11.0. The maximum Gasteiger partial charge on any atom is 0.224 e. The smallest absolute Gasteiger partial charge is 0.224 e. The highest BCUT2D eigenvalue weighted by Gasteiger charge is 2.05. The lowest BCUT2D eigenvalue weighted by Crippen LogP contribution is -2.13. The first kappa shape index (κ1) is 13.7. The van der Waals surface area contributed by atoms with Crippen molar-refractivity contribution in [1.82, 2.24) is 4.57 Å². The molecule has 1 aromatic carbocycles. The number of aromatic nitrogens is 1. The van der Waals surface area contributed by atoms with Crippen molar-refractivity contribution in [2.45, 2.75) is 19.4 Å². The molecule has 1 amide bonds. The van der Waals surface area contributed by atoms with Crippen molar-refractivity contribution in [1.29, 1.82) is 5.26 Å². The van der Waals surface area contributed by atoms with Gasteiger partial charge in [-0.1, -0.05) is 12.1 Å². The van der Waals surface area contributed by atoms with Crippen LogP contribution in [0.15, 0.2) is 42.6 Å². The molecule has 0 unspecified atom stereocenters. The first-order chi connectivity index (χ1) is 9.70. The van der Waals surface area contributed by atoms with Gasteiger partial charge in [-0.3, -0.25) is 4.79 Å². The van der Waals surface area contributed by atoms with Crippen LogP contribution in [0.3, 0.4) is 0 Å². The summed E-state index contributed by atoms with van der Waals surface area (Å²) in [6, 6.07) is 12.8. The van der Waals surface area contributed by atoms with Crippen LogP contribution in [0.4, 0.5) is 11.4 Å². The summed E-state index contributed by atoms with van der Waals surface area (Å²) in [5, 5.41) is 11.7. The Hall–Kier alpha value is -2.74. The van der Waals surface area contributed by atoms with Gasteiger partial charge in [0, 0.05) is 19.2 Å². The fourth-order valence-electron chi connectivity index (χ4n) is 1.94. The van der Waals surface area contributed by atoms with Gasteiger partial charge in [0.15, 0.2) is 0 Å². The highest BCUT2D eigenvalue weighted by molar-refractivity contribution is 5.93. The summed E-state index contributed by atoms with van der Waals surface area (Å²) in [6.45, 7) is 0.646. The van der Waals surface area contributed by atoms with Gasteiger partial charge in [0.25, 0.3) is 0 Å². The predicted octanol–water partition coefficient (Wildman–Crippen LogP) is 2.36. The van der Waals surface area contributed by atoms with Gasteiger partial charge in [0.05, 0.1) is 11.4 Å². The highest BCUT2D eigenvalue weighted by atomic mass is 16.1. The molecule has 0 radical (unpaired) electrons. The lowest BCUT2D eigenvalue weighted by molar-refractivity contribution is -0.116. The first-order valence-electron chi connectivity index (χ1n) is 6.40.